The lowest BCUT2D eigenvalue weighted by Crippen LogP contribution is -2.30. The van der Waals surface area contributed by atoms with Crippen molar-refractivity contribution in [1.82, 2.24) is 0 Å². The maximum Gasteiger partial charge on any atom is 0.306 e. The third-order valence-corrected chi connectivity index (χ3v) is 14.0. The van der Waals surface area contributed by atoms with E-state index in [0.29, 0.717) is 19.3 Å². The number of rotatable bonds is 59. The van der Waals surface area contributed by atoms with Crippen LogP contribution in [0.4, 0.5) is 0 Å². The fraction of sp³-hybridized carbons (Fsp3) is 0.685. The Morgan fingerprint density at radius 3 is 0.772 bits per heavy atom. The van der Waals surface area contributed by atoms with Crippen LogP contribution in [0.25, 0.3) is 0 Å². The van der Waals surface area contributed by atoms with Crippen molar-refractivity contribution in [3.63, 3.8) is 0 Å². The molecule has 0 N–H and O–H groups in total. The van der Waals surface area contributed by atoms with Gasteiger partial charge >= 0.3 is 17.9 Å². The Morgan fingerprint density at radius 1 is 0.266 bits per heavy atom. The van der Waals surface area contributed by atoms with Gasteiger partial charge in [-0.25, -0.2) is 0 Å². The third-order valence-electron chi connectivity index (χ3n) is 14.0. The maximum atomic E-state index is 12.9. The Bertz CT molecular complexity index is 1640. The number of unbranched alkanes of at least 4 members (excludes halogenated alkanes) is 28. The van der Waals surface area contributed by atoms with Crippen molar-refractivity contribution in [3.05, 3.63) is 122 Å². The first-order valence-corrected chi connectivity index (χ1v) is 33.0. The van der Waals surface area contributed by atoms with Gasteiger partial charge in [0, 0.05) is 19.3 Å². The molecule has 0 rings (SSSR count). The minimum absolute atomic E-state index is 0.0843. The molecule has 450 valence electrons. The lowest BCUT2D eigenvalue weighted by atomic mass is 10.0. The number of carbonyl (C=O) groups excluding carboxylic acids is 3. The van der Waals surface area contributed by atoms with Crippen molar-refractivity contribution < 1.29 is 28.6 Å². The zero-order chi connectivity index (χ0) is 57.1. The highest BCUT2D eigenvalue weighted by Gasteiger charge is 2.19. The number of hydrogen-bond donors (Lipinski definition) is 0. The average Bonchev–Trinajstić information content (AvgIpc) is 3.45. The summed E-state index contributed by atoms with van der Waals surface area (Å²) in [6, 6.07) is 0. The molecule has 0 radical (unpaired) electrons. The van der Waals surface area contributed by atoms with Crippen molar-refractivity contribution in [1.29, 1.82) is 0 Å². The summed E-state index contributed by atoms with van der Waals surface area (Å²) in [4.78, 5) is 38.3. The number of hydrogen-bond acceptors (Lipinski definition) is 6. The van der Waals surface area contributed by atoms with Crippen molar-refractivity contribution in [2.24, 2.45) is 0 Å². The van der Waals surface area contributed by atoms with Gasteiger partial charge in [-0.3, -0.25) is 14.4 Å². The fourth-order valence-electron chi connectivity index (χ4n) is 9.09. The molecule has 0 saturated heterocycles. The molecule has 1 atom stereocenters. The second-order valence-corrected chi connectivity index (χ2v) is 21.6. The van der Waals surface area contributed by atoms with Gasteiger partial charge in [-0.15, -0.1) is 0 Å². The molecule has 0 aromatic carbocycles. The highest BCUT2D eigenvalue weighted by atomic mass is 16.6. The molecule has 6 nitrogen and oxygen atoms in total. The van der Waals surface area contributed by atoms with E-state index in [9.17, 15) is 14.4 Å². The van der Waals surface area contributed by atoms with E-state index in [4.69, 9.17) is 14.2 Å². The summed E-state index contributed by atoms with van der Waals surface area (Å²) < 4.78 is 16.9. The largest absolute Gasteiger partial charge is 0.462 e. The second kappa shape index (κ2) is 66.3. The van der Waals surface area contributed by atoms with E-state index >= 15 is 0 Å². The Hall–Kier alpha value is -4.19. The minimum Gasteiger partial charge on any atom is -0.462 e. The van der Waals surface area contributed by atoms with Crippen LogP contribution >= 0.6 is 0 Å². The molecule has 0 aromatic rings. The highest BCUT2D eigenvalue weighted by molar-refractivity contribution is 5.71. The smallest absolute Gasteiger partial charge is 0.306 e. The first-order valence-electron chi connectivity index (χ1n) is 33.0. The summed E-state index contributed by atoms with van der Waals surface area (Å²) in [7, 11) is 0. The molecule has 0 aliphatic rings. The van der Waals surface area contributed by atoms with Gasteiger partial charge in [0.05, 0.1) is 0 Å². The first kappa shape index (κ1) is 74.8. The van der Waals surface area contributed by atoms with Gasteiger partial charge in [-0.2, -0.15) is 0 Å². The molecule has 0 saturated carbocycles. The van der Waals surface area contributed by atoms with Crippen molar-refractivity contribution in [2.45, 2.75) is 309 Å². The van der Waals surface area contributed by atoms with E-state index < -0.39 is 6.10 Å². The van der Waals surface area contributed by atoms with Gasteiger partial charge in [0.25, 0.3) is 0 Å². The average molecular weight is 1100 g/mol. The molecule has 0 heterocycles. The predicted octanol–water partition coefficient (Wildman–Crippen LogP) is 22.8. The zero-order valence-electron chi connectivity index (χ0n) is 51.6. The molecular weight excluding hydrogens is 973 g/mol. The van der Waals surface area contributed by atoms with E-state index in [1.807, 2.05) is 0 Å². The molecule has 0 amide bonds. The first-order chi connectivity index (χ1) is 39.0. The Kier molecular flexibility index (Phi) is 62.8. The van der Waals surface area contributed by atoms with Crippen LogP contribution in [0.15, 0.2) is 122 Å². The lowest BCUT2D eigenvalue weighted by Gasteiger charge is -2.18. The van der Waals surface area contributed by atoms with Gasteiger partial charge in [0.1, 0.15) is 13.2 Å². The number of esters is 3. The molecule has 6 heteroatoms. The monoisotopic (exact) mass is 1090 g/mol. The predicted molar refractivity (Wildman–Crippen MR) is 343 cm³/mol. The van der Waals surface area contributed by atoms with Crippen LogP contribution in [0.2, 0.25) is 0 Å². The topological polar surface area (TPSA) is 78.9 Å². The van der Waals surface area contributed by atoms with Gasteiger partial charge < -0.3 is 14.2 Å². The van der Waals surface area contributed by atoms with Crippen molar-refractivity contribution in [2.75, 3.05) is 13.2 Å². The van der Waals surface area contributed by atoms with Crippen LogP contribution in [-0.2, 0) is 28.6 Å². The minimum atomic E-state index is -0.790. The van der Waals surface area contributed by atoms with Gasteiger partial charge in [-0.1, -0.05) is 296 Å². The van der Waals surface area contributed by atoms with E-state index in [2.05, 4.69) is 142 Å². The number of carbonyl (C=O) groups is 3. The van der Waals surface area contributed by atoms with Crippen LogP contribution in [0.5, 0.6) is 0 Å². The Morgan fingerprint density at radius 2 is 0.494 bits per heavy atom. The Labute approximate surface area is 488 Å². The Balaban J connectivity index is 4.32. The molecule has 0 bridgehead atoms. The van der Waals surface area contributed by atoms with E-state index in [-0.39, 0.29) is 31.1 Å². The summed E-state index contributed by atoms with van der Waals surface area (Å²) >= 11 is 0. The molecule has 0 aliphatic carbocycles. The summed E-state index contributed by atoms with van der Waals surface area (Å²) in [6.07, 6.45) is 92.0. The molecular formula is C73H122O6. The standard InChI is InChI=1S/C73H122O6/c1-4-7-10-13-16-19-22-25-27-29-31-32-33-34-35-36-37-38-39-40-42-43-45-48-51-54-57-60-63-66-72(75)78-69-70(68-77-71(74)65-62-59-56-53-50-47-24-21-18-15-12-9-6-3)79-73(76)67-64-61-58-55-52-49-46-44-41-30-28-26-23-20-17-14-11-8-5-2/h7-8,10-11,16-17,19-20,25-28,31-32,34-35,37-38,41,44,70H,4-6,9,12-15,18,21-24,29-30,33,36,39-40,42-43,45-69H2,1-3H3/b10-7-,11-8-,19-16-,20-17-,27-25-,28-26-,32-31-,35-34-,38-37-,44-41-. The lowest BCUT2D eigenvalue weighted by molar-refractivity contribution is -0.167. The van der Waals surface area contributed by atoms with Gasteiger partial charge in [0.2, 0.25) is 0 Å². The van der Waals surface area contributed by atoms with Gasteiger partial charge in [-0.05, 0) is 109 Å². The van der Waals surface area contributed by atoms with E-state index in [1.54, 1.807) is 0 Å². The summed E-state index contributed by atoms with van der Waals surface area (Å²) in [6.45, 7) is 6.42. The quantitative estimate of drug-likeness (QED) is 0.0261. The molecule has 0 aromatic heterocycles. The summed E-state index contributed by atoms with van der Waals surface area (Å²) in [5, 5.41) is 0. The van der Waals surface area contributed by atoms with E-state index in [0.717, 1.165) is 135 Å². The molecule has 0 fully saturated rings. The second-order valence-electron chi connectivity index (χ2n) is 21.6. The number of allylic oxidation sites excluding steroid dienone is 20. The SMILES string of the molecule is CC/C=C\C/C=C\C/C=C\C/C=C\C/C=C\C/C=C\CCCCCCCCCCCCC(=O)OCC(COC(=O)CCCCCCCCCCCCCCC)OC(=O)CCCCCCCC/C=C\C/C=C\C/C=C\C/C=C\CC. The van der Waals surface area contributed by atoms with Crippen LogP contribution in [0.1, 0.15) is 303 Å². The van der Waals surface area contributed by atoms with Crippen LogP contribution in [0, 0.1) is 0 Å². The van der Waals surface area contributed by atoms with E-state index in [1.165, 1.54) is 128 Å². The number of ether oxygens (including phenoxy) is 3. The van der Waals surface area contributed by atoms with Crippen LogP contribution in [-0.4, -0.2) is 37.2 Å². The molecule has 0 aliphatic heterocycles. The molecule has 79 heavy (non-hydrogen) atoms. The zero-order valence-corrected chi connectivity index (χ0v) is 51.6. The van der Waals surface area contributed by atoms with Crippen LogP contribution < -0.4 is 0 Å². The molecule has 1 unspecified atom stereocenters. The fourth-order valence-corrected chi connectivity index (χ4v) is 9.09. The summed E-state index contributed by atoms with van der Waals surface area (Å²) in [5.74, 6) is -0.895. The summed E-state index contributed by atoms with van der Waals surface area (Å²) in [5.41, 5.74) is 0. The van der Waals surface area contributed by atoms with Crippen molar-refractivity contribution >= 4 is 17.9 Å². The normalized spacial score (nSPS) is 12.9. The third kappa shape index (κ3) is 64.5. The van der Waals surface area contributed by atoms with Crippen molar-refractivity contribution in [3.8, 4) is 0 Å². The van der Waals surface area contributed by atoms with Crippen LogP contribution in [0.3, 0.4) is 0 Å². The van der Waals surface area contributed by atoms with Gasteiger partial charge in [0.15, 0.2) is 6.10 Å². The molecule has 0 spiro atoms. The maximum absolute atomic E-state index is 12.9. The highest BCUT2D eigenvalue weighted by Crippen LogP contribution is 2.16.